The molecule has 6 heteroatoms. The van der Waals surface area contributed by atoms with Crippen LogP contribution in [0.2, 0.25) is 0 Å². The predicted octanol–water partition coefficient (Wildman–Crippen LogP) is 5.22. The van der Waals surface area contributed by atoms with Crippen LogP contribution in [0.3, 0.4) is 0 Å². The molecule has 0 heterocycles. The first kappa shape index (κ1) is 21.6. The van der Waals surface area contributed by atoms with E-state index in [0.717, 1.165) is 5.56 Å². The molecule has 0 aliphatic heterocycles. The zero-order valence-electron chi connectivity index (χ0n) is 17.4. The molecule has 0 bridgehead atoms. The molecule has 2 N–H and O–H groups in total. The molecular weight excluding hydrogens is 398 g/mol. The molecule has 0 saturated carbocycles. The number of hydrogen-bond donors (Lipinski definition) is 2. The second-order valence-electron chi connectivity index (χ2n) is 7.62. The van der Waals surface area contributed by atoms with Gasteiger partial charge in [0.2, 0.25) is 9.84 Å². The molecular formula is C24H25NO4S. The van der Waals surface area contributed by atoms with Crippen molar-refractivity contribution in [2.75, 3.05) is 5.32 Å². The first-order valence-electron chi connectivity index (χ1n) is 9.67. The molecule has 0 aliphatic rings. The Morgan fingerprint density at radius 2 is 1.57 bits per heavy atom. The van der Waals surface area contributed by atoms with Gasteiger partial charge in [0.15, 0.2) is 0 Å². The van der Waals surface area contributed by atoms with Gasteiger partial charge in [-0.15, -0.1) is 0 Å². The van der Waals surface area contributed by atoms with Crippen LogP contribution in [0.4, 0.5) is 5.69 Å². The van der Waals surface area contributed by atoms with E-state index in [4.69, 9.17) is 0 Å². The van der Waals surface area contributed by atoms with Gasteiger partial charge in [0.05, 0.1) is 4.90 Å². The van der Waals surface area contributed by atoms with Crippen molar-refractivity contribution in [3.05, 3.63) is 82.9 Å². The number of hydrogen-bond acceptors (Lipinski definition) is 4. The van der Waals surface area contributed by atoms with Crippen LogP contribution in [0.15, 0.2) is 70.5 Å². The highest BCUT2D eigenvalue weighted by atomic mass is 32.2. The van der Waals surface area contributed by atoms with Gasteiger partial charge in [0, 0.05) is 16.8 Å². The van der Waals surface area contributed by atoms with Gasteiger partial charge >= 0.3 is 0 Å². The minimum absolute atomic E-state index is 0.0937. The predicted molar refractivity (Wildman–Crippen MR) is 118 cm³/mol. The Hall–Kier alpha value is -3.12. The third kappa shape index (κ3) is 4.09. The van der Waals surface area contributed by atoms with Crippen molar-refractivity contribution >= 4 is 21.4 Å². The maximum atomic E-state index is 13.5. The summed E-state index contributed by atoms with van der Waals surface area (Å²) in [7, 11) is -4.01. The van der Waals surface area contributed by atoms with Crippen LogP contribution in [0.5, 0.6) is 5.75 Å². The van der Waals surface area contributed by atoms with Crippen molar-refractivity contribution in [2.24, 2.45) is 0 Å². The van der Waals surface area contributed by atoms with Gasteiger partial charge in [0.1, 0.15) is 10.6 Å². The minimum Gasteiger partial charge on any atom is -0.506 e. The monoisotopic (exact) mass is 423 g/mol. The van der Waals surface area contributed by atoms with E-state index in [0.29, 0.717) is 22.4 Å². The van der Waals surface area contributed by atoms with Crippen LogP contribution in [-0.2, 0) is 9.84 Å². The average Bonchev–Trinajstić information content (AvgIpc) is 2.70. The first-order valence-corrected chi connectivity index (χ1v) is 11.2. The molecule has 1 amide bonds. The zero-order valence-corrected chi connectivity index (χ0v) is 18.2. The Labute approximate surface area is 177 Å². The molecule has 5 nitrogen and oxygen atoms in total. The first-order chi connectivity index (χ1) is 14.1. The Morgan fingerprint density at radius 1 is 0.967 bits per heavy atom. The number of aryl methyl sites for hydroxylation is 2. The van der Waals surface area contributed by atoms with Gasteiger partial charge in [-0.25, -0.2) is 8.42 Å². The fourth-order valence-electron chi connectivity index (χ4n) is 3.36. The number of carbonyl (C=O) groups is 1. The SMILES string of the molecule is Cc1ccc(S(=O)(=O)c2c(O)c(C)cc(NC(=O)c3ccccc3)c2C(C)C)cc1. The lowest BCUT2D eigenvalue weighted by Crippen LogP contribution is -2.16. The van der Waals surface area contributed by atoms with E-state index in [9.17, 15) is 18.3 Å². The molecule has 3 aromatic carbocycles. The van der Waals surface area contributed by atoms with Gasteiger partial charge in [-0.1, -0.05) is 49.7 Å². The average molecular weight is 424 g/mol. The van der Waals surface area contributed by atoms with Crippen LogP contribution >= 0.6 is 0 Å². The summed E-state index contributed by atoms with van der Waals surface area (Å²) in [6.07, 6.45) is 0. The lowest BCUT2D eigenvalue weighted by atomic mass is 9.98. The molecule has 0 unspecified atom stereocenters. The smallest absolute Gasteiger partial charge is 0.255 e. The van der Waals surface area contributed by atoms with Crippen molar-refractivity contribution < 1.29 is 18.3 Å². The van der Waals surface area contributed by atoms with E-state index in [1.807, 2.05) is 26.8 Å². The summed E-state index contributed by atoms with van der Waals surface area (Å²) in [6.45, 7) is 7.15. The fraction of sp³-hybridized carbons (Fsp3) is 0.208. The topological polar surface area (TPSA) is 83.5 Å². The van der Waals surface area contributed by atoms with E-state index in [1.54, 1.807) is 49.4 Å². The highest BCUT2D eigenvalue weighted by molar-refractivity contribution is 7.91. The van der Waals surface area contributed by atoms with E-state index in [1.165, 1.54) is 12.1 Å². The summed E-state index contributed by atoms with van der Waals surface area (Å²) >= 11 is 0. The summed E-state index contributed by atoms with van der Waals surface area (Å²) in [5.41, 5.74) is 2.51. The van der Waals surface area contributed by atoms with Gasteiger partial charge < -0.3 is 10.4 Å². The lowest BCUT2D eigenvalue weighted by Gasteiger charge is -2.21. The summed E-state index contributed by atoms with van der Waals surface area (Å²) in [6, 6.07) is 16.8. The maximum Gasteiger partial charge on any atom is 0.255 e. The molecule has 0 atom stereocenters. The van der Waals surface area contributed by atoms with Crippen molar-refractivity contribution in [1.82, 2.24) is 0 Å². The number of anilines is 1. The van der Waals surface area contributed by atoms with Gasteiger partial charge in [-0.3, -0.25) is 4.79 Å². The Bertz CT molecular complexity index is 1180. The Morgan fingerprint density at radius 3 is 2.13 bits per heavy atom. The van der Waals surface area contributed by atoms with Crippen LogP contribution in [0.25, 0.3) is 0 Å². The van der Waals surface area contributed by atoms with E-state index < -0.39 is 9.84 Å². The van der Waals surface area contributed by atoms with Crippen LogP contribution in [-0.4, -0.2) is 19.4 Å². The van der Waals surface area contributed by atoms with E-state index in [2.05, 4.69) is 5.32 Å². The summed E-state index contributed by atoms with van der Waals surface area (Å²) < 4.78 is 27.0. The van der Waals surface area contributed by atoms with Crippen LogP contribution in [0, 0.1) is 13.8 Å². The van der Waals surface area contributed by atoms with Gasteiger partial charge in [-0.05, 0) is 55.7 Å². The van der Waals surface area contributed by atoms with Gasteiger partial charge in [0.25, 0.3) is 5.91 Å². The third-order valence-electron chi connectivity index (χ3n) is 4.95. The number of rotatable bonds is 5. The number of carbonyl (C=O) groups excluding carboxylic acids is 1. The second-order valence-corrected chi connectivity index (χ2v) is 9.51. The minimum atomic E-state index is -4.01. The second kappa shape index (κ2) is 8.32. The summed E-state index contributed by atoms with van der Waals surface area (Å²) in [5.74, 6) is -0.906. The number of nitrogens with one attached hydrogen (secondary N) is 1. The fourth-order valence-corrected chi connectivity index (χ4v) is 5.14. The van der Waals surface area contributed by atoms with Crippen LogP contribution in [0.1, 0.15) is 46.8 Å². The highest BCUT2D eigenvalue weighted by Gasteiger charge is 2.30. The number of benzene rings is 3. The van der Waals surface area contributed by atoms with Crippen LogP contribution < -0.4 is 5.32 Å². The quantitative estimate of drug-likeness (QED) is 0.551. The molecule has 3 rings (SSSR count). The van der Waals surface area contributed by atoms with E-state index in [-0.39, 0.29) is 27.4 Å². The molecule has 0 radical (unpaired) electrons. The third-order valence-corrected chi connectivity index (χ3v) is 6.79. The molecule has 0 fully saturated rings. The molecule has 30 heavy (non-hydrogen) atoms. The van der Waals surface area contributed by atoms with Gasteiger partial charge in [-0.2, -0.15) is 0 Å². The zero-order chi connectivity index (χ0) is 22.1. The summed E-state index contributed by atoms with van der Waals surface area (Å²) in [5, 5.41) is 13.6. The normalized spacial score (nSPS) is 11.5. The lowest BCUT2D eigenvalue weighted by molar-refractivity contribution is 0.102. The number of aromatic hydroxyl groups is 1. The van der Waals surface area contributed by atoms with Crippen molar-refractivity contribution in [3.63, 3.8) is 0 Å². The number of sulfone groups is 1. The molecule has 156 valence electrons. The molecule has 0 spiro atoms. The van der Waals surface area contributed by atoms with Crippen molar-refractivity contribution in [1.29, 1.82) is 0 Å². The van der Waals surface area contributed by atoms with Crippen molar-refractivity contribution in [2.45, 2.75) is 43.4 Å². The molecule has 0 aromatic heterocycles. The number of phenols is 1. The molecule has 0 aliphatic carbocycles. The summed E-state index contributed by atoms with van der Waals surface area (Å²) in [4.78, 5) is 12.7. The maximum absolute atomic E-state index is 13.5. The Kier molecular flexibility index (Phi) is 5.99. The number of phenolic OH excluding ortho intramolecular Hbond substituents is 1. The Balaban J connectivity index is 2.20. The standard InChI is InChI=1S/C24H25NO4S/c1-15(2)21-20(25-24(27)18-8-6-5-7-9-18)14-17(4)22(26)23(21)30(28,29)19-12-10-16(3)11-13-19/h5-15,26H,1-4H3,(H,25,27). The molecule has 0 saturated heterocycles. The highest BCUT2D eigenvalue weighted by Crippen LogP contribution is 2.42. The van der Waals surface area contributed by atoms with Crippen molar-refractivity contribution in [3.8, 4) is 5.75 Å². The van der Waals surface area contributed by atoms with E-state index >= 15 is 0 Å². The largest absolute Gasteiger partial charge is 0.506 e. The molecule has 3 aromatic rings. The number of amides is 1.